The molecule has 106 valence electrons. The zero-order chi connectivity index (χ0) is 14.5. The monoisotopic (exact) mass is 271 g/mol. The quantitative estimate of drug-likeness (QED) is 0.811. The molecule has 3 nitrogen and oxygen atoms in total. The zero-order valence-electron chi connectivity index (χ0n) is 12.1. The minimum atomic E-state index is -0.172. The molecular formula is C17H21NO2. The van der Waals surface area contributed by atoms with Crippen molar-refractivity contribution in [2.45, 2.75) is 39.2 Å². The Balaban J connectivity index is 2.14. The molecule has 0 bridgehead atoms. The number of nitrogens with one attached hydrogen (secondary N) is 1. The molecule has 1 aromatic rings. The van der Waals surface area contributed by atoms with Crippen LogP contribution in [0.1, 0.15) is 47.7 Å². The first-order chi connectivity index (χ1) is 9.60. The zero-order valence-corrected chi connectivity index (χ0v) is 12.1. The molecule has 1 saturated carbocycles. The lowest BCUT2D eigenvalue weighted by Gasteiger charge is -2.17. The van der Waals surface area contributed by atoms with Crippen LogP contribution in [-0.4, -0.2) is 23.7 Å². The SMILES string of the molecule is Cc1cc(C#CCO)cc(C(=O)NC2CCCC2C)c1. The normalized spacial score (nSPS) is 21.1. The number of hydrogen-bond donors (Lipinski definition) is 2. The molecule has 0 aliphatic heterocycles. The molecule has 1 aromatic carbocycles. The van der Waals surface area contributed by atoms with Gasteiger partial charge in [-0.1, -0.05) is 25.2 Å². The van der Waals surface area contributed by atoms with Crippen LogP contribution in [0.15, 0.2) is 18.2 Å². The Kier molecular flexibility index (Phi) is 4.81. The van der Waals surface area contributed by atoms with Gasteiger partial charge in [0.25, 0.3) is 5.91 Å². The summed E-state index contributed by atoms with van der Waals surface area (Å²) >= 11 is 0. The van der Waals surface area contributed by atoms with Crippen LogP contribution >= 0.6 is 0 Å². The Hall–Kier alpha value is -1.79. The Morgan fingerprint density at radius 3 is 2.85 bits per heavy atom. The maximum absolute atomic E-state index is 12.3. The fraction of sp³-hybridized carbons (Fsp3) is 0.471. The average Bonchev–Trinajstić information content (AvgIpc) is 2.81. The molecule has 1 aliphatic carbocycles. The van der Waals surface area contributed by atoms with Gasteiger partial charge in [0.2, 0.25) is 0 Å². The van der Waals surface area contributed by atoms with Gasteiger partial charge in [0.05, 0.1) is 0 Å². The number of amides is 1. The maximum atomic E-state index is 12.3. The second kappa shape index (κ2) is 6.58. The number of benzene rings is 1. The summed E-state index contributed by atoms with van der Waals surface area (Å²) in [5, 5.41) is 11.9. The second-order valence-corrected chi connectivity index (χ2v) is 5.54. The van der Waals surface area contributed by atoms with E-state index in [1.54, 1.807) is 6.07 Å². The lowest BCUT2D eigenvalue weighted by Crippen LogP contribution is -2.36. The van der Waals surface area contributed by atoms with Gasteiger partial charge < -0.3 is 10.4 Å². The summed E-state index contributed by atoms with van der Waals surface area (Å²) in [6, 6.07) is 5.86. The van der Waals surface area contributed by atoms with Crippen LogP contribution < -0.4 is 5.32 Å². The molecule has 0 spiro atoms. The van der Waals surface area contributed by atoms with Gasteiger partial charge in [0, 0.05) is 17.2 Å². The topological polar surface area (TPSA) is 49.3 Å². The van der Waals surface area contributed by atoms with Crippen LogP contribution in [0.3, 0.4) is 0 Å². The molecule has 0 heterocycles. The Morgan fingerprint density at radius 2 is 2.20 bits per heavy atom. The van der Waals surface area contributed by atoms with E-state index in [4.69, 9.17) is 5.11 Å². The summed E-state index contributed by atoms with van der Waals surface area (Å²) in [6.07, 6.45) is 3.44. The number of rotatable bonds is 2. The van der Waals surface area contributed by atoms with Gasteiger partial charge >= 0.3 is 0 Å². The van der Waals surface area contributed by atoms with Crippen LogP contribution in [0.4, 0.5) is 0 Å². The van der Waals surface area contributed by atoms with E-state index in [0.717, 1.165) is 17.5 Å². The van der Waals surface area contributed by atoms with Gasteiger partial charge in [-0.15, -0.1) is 0 Å². The lowest BCUT2D eigenvalue weighted by molar-refractivity contribution is 0.0929. The molecule has 0 aromatic heterocycles. The Morgan fingerprint density at radius 1 is 1.40 bits per heavy atom. The highest BCUT2D eigenvalue weighted by atomic mass is 16.2. The third-order valence-electron chi connectivity index (χ3n) is 3.83. The fourth-order valence-corrected chi connectivity index (χ4v) is 2.74. The smallest absolute Gasteiger partial charge is 0.251 e. The van der Waals surface area contributed by atoms with E-state index in [0.29, 0.717) is 11.5 Å². The number of hydrogen-bond acceptors (Lipinski definition) is 2. The molecule has 1 fully saturated rings. The van der Waals surface area contributed by atoms with E-state index in [2.05, 4.69) is 24.1 Å². The summed E-state index contributed by atoms with van der Waals surface area (Å²) in [4.78, 5) is 12.3. The van der Waals surface area contributed by atoms with Crippen molar-refractivity contribution >= 4 is 5.91 Å². The number of carbonyl (C=O) groups excluding carboxylic acids is 1. The summed E-state index contributed by atoms with van der Waals surface area (Å²) in [5.74, 6) is 5.99. The van der Waals surface area contributed by atoms with Crippen molar-refractivity contribution in [3.63, 3.8) is 0 Å². The standard InChI is InChI=1S/C17H21NO2/c1-12-9-14(6-4-8-19)11-15(10-12)17(20)18-16-7-3-5-13(16)2/h9-11,13,16,19H,3,5,7-8H2,1-2H3,(H,18,20). The molecule has 1 amide bonds. The molecule has 3 heteroatoms. The second-order valence-electron chi connectivity index (χ2n) is 5.54. The van der Waals surface area contributed by atoms with E-state index in [1.807, 2.05) is 19.1 Å². The van der Waals surface area contributed by atoms with Crippen molar-refractivity contribution in [3.8, 4) is 11.8 Å². The first-order valence-electron chi connectivity index (χ1n) is 7.12. The fourth-order valence-electron chi connectivity index (χ4n) is 2.74. The molecular weight excluding hydrogens is 250 g/mol. The van der Waals surface area contributed by atoms with Crippen LogP contribution in [-0.2, 0) is 0 Å². The van der Waals surface area contributed by atoms with E-state index < -0.39 is 0 Å². The van der Waals surface area contributed by atoms with Crippen molar-refractivity contribution < 1.29 is 9.90 Å². The van der Waals surface area contributed by atoms with Gasteiger partial charge in [0.1, 0.15) is 6.61 Å². The van der Waals surface area contributed by atoms with Crippen LogP contribution in [0.5, 0.6) is 0 Å². The molecule has 0 saturated heterocycles. The highest BCUT2D eigenvalue weighted by molar-refractivity contribution is 5.95. The number of carbonyl (C=O) groups is 1. The van der Waals surface area contributed by atoms with Gasteiger partial charge in [-0.2, -0.15) is 0 Å². The van der Waals surface area contributed by atoms with E-state index in [9.17, 15) is 4.79 Å². The highest BCUT2D eigenvalue weighted by Crippen LogP contribution is 2.25. The molecule has 2 unspecified atom stereocenters. The molecule has 1 aliphatic rings. The molecule has 20 heavy (non-hydrogen) atoms. The van der Waals surface area contributed by atoms with Gasteiger partial charge in [-0.05, 0) is 49.4 Å². The minimum Gasteiger partial charge on any atom is -0.384 e. The summed E-state index contributed by atoms with van der Waals surface area (Å²) in [7, 11) is 0. The van der Waals surface area contributed by atoms with Crippen molar-refractivity contribution in [2.24, 2.45) is 5.92 Å². The number of aryl methyl sites for hydroxylation is 1. The van der Waals surface area contributed by atoms with Crippen LogP contribution in [0.2, 0.25) is 0 Å². The van der Waals surface area contributed by atoms with Gasteiger partial charge in [-0.25, -0.2) is 0 Å². The summed E-state index contributed by atoms with van der Waals surface area (Å²) < 4.78 is 0. The molecule has 2 atom stereocenters. The number of aliphatic hydroxyl groups excluding tert-OH is 1. The third kappa shape index (κ3) is 3.61. The van der Waals surface area contributed by atoms with Crippen molar-refractivity contribution in [1.29, 1.82) is 0 Å². The number of aliphatic hydroxyl groups is 1. The van der Waals surface area contributed by atoms with Crippen LogP contribution in [0, 0.1) is 24.7 Å². The van der Waals surface area contributed by atoms with Crippen molar-refractivity contribution in [2.75, 3.05) is 6.61 Å². The predicted molar refractivity (Wildman–Crippen MR) is 79.4 cm³/mol. The van der Waals surface area contributed by atoms with E-state index in [-0.39, 0.29) is 18.6 Å². The first-order valence-corrected chi connectivity index (χ1v) is 7.12. The van der Waals surface area contributed by atoms with Crippen molar-refractivity contribution in [1.82, 2.24) is 5.32 Å². The average molecular weight is 271 g/mol. The largest absolute Gasteiger partial charge is 0.384 e. The third-order valence-corrected chi connectivity index (χ3v) is 3.83. The minimum absolute atomic E-state index is 0.0282. The molecule has 2 N–H and O–H groups in total. The van der Waals surface area contributed by atoms with Gasteiger partial charge in [-0.3, -0.25) is 4.79 Å². The molecule has 0 radical (unpaired) electrons. The maximum Gasteiger partial charge on any atom is 0.251 e. The van der Waals surface area contributed by atoms with Crippen LogP contribution in [0.25, 0.3) is 0 Å². The predicted octanol–water partition coefficient (Wildman–Crippen LogP) is 2.26. The summed E-state index contributed by atoms with van der Waals surface area (Å²) in [5.41, 5.74) is 2.41. The molecule has 2 rings (SSSR count). The first kappa shape index (κ1) is 14.6. The van der Waals surface area contributed by atoms with Crippen molar-refractivity contribution in [3.05, 3.63) is 34.9 Å². The Labute approximate surface area is 120 Å². The van der Waals surface area contributed by atoms with E-state index >= 15 is 0 Å². The summed E-state index contributed by atoms with van der Waals surface area (Å²) in [6.45, 7) is 3.96. The lowest BCUT2D eigenvalue weighted by atomic mass is 10.0. The van der Waals surface area contributed by atoms with E-state index in [1.165, 1.54) is 12.8 Å². The van der Waals surface area contributed by atoms with Gasteiger partial charge in [0.15, 0.2) is 0 Å². The Bertz CT molecular complexity index is 554. The highest BCUT2D eigenvalue weighted by Gasteiger charge is 2.25.